The Morgan fingerprint density at radius 3 is 2.79 bits per heavy atom. The summed E-state index contributed by atoms with van der Waals surface area (Å²) in [7, 11) is 1.88. The molecule has 0 aliphatic carbocycles. The second-order valence-corrected chi connectivity index (χ2v) is 5.87. The van der Waals surface area contributed by atoms with Crippen LogP contribution in [0.5, 0.6) is 0 Å². The first-order valence-electron chi connectivity index (χ1n) is 7.63. The standard InChI is InChI=1S/C15H30N2O2/c1-5-6-7-8-17-9-10-19-14(12-17)11-16(4)15(18)13(2)3/h13-14H,5-12H2,1-4H3/t14-/m1/s1. The van der Waals surface area contributed by atoms with E-state index in [1.54, 1.807) is 0 Å². The lowest BCUT2D eigenvalue weighted by Gasteiger charge is -2.35. The van der Waals surface area contributed by atoms with Crippen molar-refractivity contribution < 1.29 is 9.53 Å². The van der Waals surface area contributed by atoms with Crippen molar-refractivity contribution in [1.29, 1.82) is 0 Å². The molecule has 0 bridgehead atoms. The van der Waals surface area contributed by atoms with Crippen molar-refractivity contribution in [3.05, 3.63) is 0 Å². The van der Waals surface area contributed by atoms with E-state index in [-0.39, 0.29) is 17.9 Å². The largest absolute Gasteiger partial charge is 0.374 e. The Morgan fingerprint density at radius 2 is 2.16 bits per heavy atom. The quantitative estimate of drug-likeness (QED) is 0.663. The first-order valence-corrected chi connectivity index (χ1v) is 7.63. The van der Waals surface area contributed by atoms with Crippen molar-refractivity contribution in [2.75, 3.05) is 39.8 Å². The van der Waals surface area contributed by atoms with Gasteiger partial charge in [-0.1, -0.05) is 33.6 Å². The van der Waals surface area contributed by atoms with Crippen LogP contribution in [0, 0.1) is 5.92 Å². The van der Waals surface area contributed by atoms with Gasteiger partial charge in [-0.05, 0) is 13.0 Å². The number of ether oxygens (including phenoxy) is 1. The van der Waals surface area contributed by atoms with Crippen molar-refractivity contribution in [3.8, 4) is 0 Å². The second-order valence-electron chi connectivity index (χ2n) is 5.87. The molecule has 0 spiro atoms. The molecule has 4 heteroatoms. The van der Waals surface area contributed by atoms with Gasteiger partial charge in [-0.2, -0.15) is 0 Å². The molecule has 0 aromatic rings. The lowest BCUT2D eigenvalue weighted by Crippen LogP contribution is -2.48. The van der Waals surface area contributed by atoms with E-state index in [4.69, 9.17) is 4.74 Å². The van der Waals surface area contributed by atoms with E-state index in [0.717, 1.165) is 26.2 Å². The maximum atomic E-state index is 11.9. The van der Waals surface area contributed by atoms with Crippen molar-refractivity contribution in [1.82, 2.24) is 9.80 Å². The molecule has 0 unspecified atom stereocenters. The first-order chi connectivity index (χ1) is 9.04. The van der Waals surface area contributed by atoms with Crippen LogP contribution in [-0.2, 0) is 9.53 Å². The number of nitrogens with zero attached hydrogens (tertiary/aromatic N) is 2. The Hall–Kier alpha value is -0.610. The monoisotopic (exact) mass is 270 g/mol. The van der Waals surface area contributed by atoms with Crippen molar-refractivity contribution in [2.24, 2.45) is 5.92 Å². The molecule has 19 heavy (non-hydrogen) atoms. The van der Waals surface area contributed by atoms with Gasteiger partial charge in [-0.15, -0.1) is 0 Å². The summed E-state index contributed by atoms with van der Waals surface area (Å²) in [6.45, 7) is 10.8. The van der Waals surface area contributed by atoms with Crippen molar-refractivity contribution in [2.45, 2.75) is 46.1 Å². The summed E-state index contributed by atoms with van der Waals surface area (Å²) in [6.07, 6.45) is 4.00. The number of amides is 1. The molecule has 1 aliphatic heterocycles. The Kier molecular flexibility index (Phi) is 7.39. The predicted octanol–water partition coefficient (Wildman–Crippen LogP) is 1.99. The molecule has 1 saturated heterocycles. The van der Waals surface area contributed by atoms with E-state index >= 15 is 0 Å². The molecule has 1 atom stereocenters. The number of carbonyl (C=O) groups excluding carboxylic acids is 1. The maximum absolute atomic E-state index is 11.9. The Balaban J connectivity index is 2.32. The van der Waals surface area contributed by atoms with Crippen LogP contribution in [0.1, 0.15) is 40.0 Å². The van der Waals surface area contributed by atoms with Gasteiger partial charge in [0, 0.05) is 32.6 Å². The van der Waals surface area contributed by atoms with Crippen molar-refractivity contribution >= 4 is 5.91 Å². The van der Waals surface area contributed by atoms with Gasteiger partial charge in [-0.25, -0.2) is 0 Å². The molecule has 112 valence electrons. The molecule has 4 nitrogen and oxygen atoms in total. The molecular formula is C15H30N2O2. The van der Waals surface area contributed by atoms with E-state index < -0.39 is 0 Å². The Labute approximate surface area is 118 Å². The van der Waals surface area contributed by atoms with Crippen LogP contribution in [0.15, 0.2) is 0 Å². The lowest BCUT2D eigenvalue weighted by molar-refractivity contribution is -0.136. The van der Waals surface area contributed by atoms with E-state index in [1.165, 1.54) is 19.3 Å². The van der Waals surface area contributed by atoms with Crippen LogP contribution in [0.25, 0.3) is 0 Å². The SMILES string of the molecule is CCCCCN1CCO[C@H](CN(C)C(=O)C(C)C)C1. The van der Waals surface area contributed by atoms with E-state index in [0.29, 0.717) is 6.54 Å². The van der Waals surface area contributed by atoms with Gasteiger partial charge < -0.3 is 9.64 Å². The minimum Gasteiger partial charge on any atom is -0.374 e. The molecule has 0 saturated carbocycles. The summed E-state index contributed by atoms with van der Waals surface area (Å²) in [5.41, 5.74) is 0. The molecular weight excluding hydrogens is 240 g/mol. The first kappa shape index (κ1) is 16.4. The molecule has 0 radical (unpaired) electrons. The zero-order valence-electron chi connectivity index (χ0n) is 13.0. The van der Waals surface area contributed by atoms with Gasteiger partial charge in [0.2, 0.25) is 5.91 Å². The van der Waals surface area contributed by atoms with Gasteiger partial charge >= 0.3 is 0 Å². The van der Waals surface area contributed by atoms with Gasteiger partial charge in [0.15, 0.2) is 0 Å². The Morgan fingerprint density at radius 1 is 1.42 bits per heavy atom. The van der Waals surface area contributed by atoms with Crippen LogP contribution in [0.2, 0.25) is 0 Å². The number of morpholine rings is 1. The molecule has 0 N–H and O–H groups in total. The van der Waals surface area contributed by atoms with Gasteiger partial charge in [0.05, 0.1) is 12.7 Å². The van der Waals surface area contributed by atoms with Crippen LogP contribution in [0.4, 0.5) is 0 Å². The van der Waals surface area contributed by atoms with Gasteiger partial charge in [0.25, 0.3) is 0 Å². The van der Waals surface area contributed by atoms with E-state index in [9.17, 15) is 4.79 Å². The number of hydrogen-bond acceptors (Lipinski definition) is 3. The second kappa shape index (κ2) is 8.54. The highest BCUT2D eigenvalue weighted by atomic mass is 16.5. The maximum Gasteiger partial charge on any atom is 0.224 e. The predicted molar refractivity (Wildman–Crippen MR) is 78.2 cm³/mol. The molecule has 0 aromatic heterocycles. The summed E-state index contributed by atoms with van der Waals surface area (Å²) in [4.78, 5) is 16.1. The van der Waals surface area contributed by atoms with Crippen LogP contribution >= 0.6 is 0 Å². The molecule has 1 aliphatic rings. The minimum atomic E-state index is 0.0641. The summed E-state index contributed by atoms with van der Waals surface area (Å²) in [5, 5.41) is 0. The summed E-state index contributed by atoms with van der Waals surface area (Å²) in [5.74, 6) is 0.265. The third-order valence-electron chi connectivity index (χ3n) is 3.65. The van der Waals surface area contributed by atoms with E-state index in [1.807, 2.05) is 25.8 Å². The summed E-state index contributed by atoms with van der Waals surface area (Å²) < 4.78 is 5.78. The smallest absolute Gasteiger partial charge is 0.224 e. The average molecular weight is 270 g/mol. The number of hydrogen-bond donors (Lipinski definition) is 0. The molecule has 1 rings (SSSR count). The zero-order valence-corrected chi connectivity index (χ0v) is 13.0. The molecule has 1 amide bonds. The minimum absolute atomic E-state index is 0.0641. The third kappa shape index (κ3) is 5.91. The highest BCUT2D eigenvalue weighted by molar-refractivity contribution is 5.77. The number of likely N-dealkylation sites (N-methyl/N-ethyl adjacent to an activating group) is 1. The third-order valence-corrected chi connectivity index (χ3v) is 3.65. The molecule has 1 heterocycles. The zero-order chi connectivity index (χ0) is 14.3. The fraction of sp³-hybridized carbons (Fsp3) is 0.933. The number of carbonyl (C=O) groups is 1. The fourth-order valence-corrected chi connectivity index (χ4v) is 2.52. The highest BCUT2D eigenvalue weighted by Crippen LogP contribution is 2.09. The van der Waals surface area contributed by atoms with Gasteiger partial charge in [0.1, 0.15) is 0 Å². The van der Waals surface area contributed by atoms with Gasteiger partial charge in [-0.3, -0.25) is 9.69 Å². The normalized spacial score (nSPS) is 20.8. The van der Waals surface area contributed by atoms with Crippen LogP contribution in [0.3, 0.4) is 0 Å². The van der Waals surface area contributed by atoms with Crippen LogP contribution in [-0.4, -0.2) is 61.6 Å². The van der Waals surface area contributed by atoms with Crippen LogP contribution < -0.4 is 0 Å². The van der Waals surface area contributed by atoms with Crippen molar-refractivity contribution in [3.63, 3.8) is 0 Å². The summed E-state index contributed by atoms with van der Waals surface area (Å²) >= 11 is 0. The van der Waals surface area contributed by atoms with E-state index in [2.05, 4.69) is 11.8 Å². The number of rotatable bonds is 7. The highest BCUT2D eigenvalue weighted by Gasteiger charge is 2.23. The topological polar surface area (TPSA) is 32.8 Å². The number of unbranched alkanes of at least 4 members (excludes halogenated alkanes) is 2. The lowest BCUT2D eigenvalue weighted by atomic mass is 10.1. The molecule has 1 fully saturated rings. The Bertz CT molecular complexity index is 269. The average Bonchev–Trinajstić information content (AvgIpc) is 2.38. The fourth-order valence-electron chi connectivity index (χ4n) is 2.52. The molecule has 0 aromatic carbocycles. The summed E-state index contributed by atoms with van der Waals surface area (Å²) in [6, 6.07) is 0.